The summed E-state index contributed by atoms with van der Waals surface area (Å²) >= 11 is 0. The summed E-state index contributed by atoms with van der Waals surface area (Å²) in [6.07, 6.45) is 4.23. The number of hydrogen-bond acceptors (Lipinski definition) is 5. The second-order valence-electron chi connectivity index (χ2n) is 7.21. The number of guanidine groups is 1. The van der Waals surface area contributed by atoms with Crippen molar-refractivity contribution in [2.75, 3.05) is 24.7 Å². The molecule has 2 heterocycles. The Balaban J connectivity index is 1.44. The third kappa shape index (κ3) is 3.45. The van der Waals surface area contributed by atoms with Crippen LogP contribution in [0.4, 0.5) is 5.69 Å². The van der Waals surface area contributed by atoms with Crippen LogP contribution in [0.5, 0.6) is 11.5 Å². The molecule has 1 amide bonds. The van der Waals surface area contributed by atoms with E-state index in [9.17, 15) is 4.79 Å². The van der Waals surface area contributed by atoms with Crippen LogP contribution in [0.15, 0.2) is 59.2 Å². The van der Waals surface area contributed by atoms with Crippen LogP contribution in [0.3, 0.4) is 0 Å². The number of fused-ring (bicyclic) bond motifs is 1. The molecule has 1 fully saturated rings. The molecule has 2 aliphatic heterocycles. The molecule has 0 unspecified atom stereocenters. The maximum absolute atomic E-state index is 12.5. The molecule has 2 aromatic rings. The van der Waals surface area contributed by atoms with Crippen molar-refractivity contribution in [1.29, 1.82) is 0 Å². The first kappa shape index (κ1) is 16.9. The molecular weight excluding hydrogens is 354 g/mol. The van der Waals surface area contributed by atoms with Gasteiger partial charge in [0.05, 0.1) is 0 Å². The average molecular weight is 375 g/mol. The van der Waals surface area contributed by atoms with Gasteiger partial charge in [0.2, 0.25) is 5.96 Å². The highest BCUT2D eigenvalue weighted by Gasteiger charge is 2.30. The van der Waals surface area contributed by atoms with Crippen molar-refractivity contribution in [2.24, 2.45) is 10.9 Å². The van der Waals surface area contributed by atoms with E-state index in [1.54, 1.807) is 6.08 Å². The van der Waals surface area contributed by atoms with Crippen molar-refractivity contribution in [3.8, 4) is 11.5 Å². The highest BCUT2D eigenvalue weighted by atomic mass is 16.6. The lowest BCUT2D eigenvalue weighted by molar-refractivity contribution is -0.115. The maximum atomic E-state index is 12.5. The predicted octanol–water partition coefficient (Wildman–Crippen LogP) is 3.20. The molecule has 1 aliphatic carbocycles. The number of para-hydroxylation sites is 1. The lowest BCUT2D eigenvalue weighted by Gasteiger charge is -2.23. The lowest BCUT2D eigenvalue weighted by atomic mass is 10.1. The summed E-state index contributed by atoms with van der Waals surface area (Å²) in [6.45, 7) is 1.95. The van der Waals surface area contributed by atoms with E-state index in [4.69, 9.17) is 9.47 Å². The van der Waals surface area contributed by atoms with Crippen molar-refractivity contribution in [3.63, 3.8) is 0 Å². The number of benzene rings is 2. The Kier molecular flexibility index (Phi) is 4.24. The van der Waals surface area contributed by atoms with Gasteiger partial charge in [0.15, 0.2) is 11.5 Å². The van der Waals surface area contributed by atoms with Crippen LogP contribution >= 0.6 is 0 Å². The number of rotatable bonds is 4. The third-order valence-corrected chi connectivity index (χ3v) is 5.02. The van der Waals surface area contributed by atoms with Crippen LogP contribution in [-0.4, -0.2) is 31.6 Å². The zero-order valence-electron chi connectivity index (χ0n) is 15.4. The second-order valence-corrected chi connectivity index (χ2v) is 7.21. The van der Waals surface area contributed by atoms with E-state index in [-0.39, 0.29) is 5.91 Å². The number of aliphatic imine (C=N–C) groups is 1. The van der Waals surface area contributed by atoms with Crippen LogP contribution in [-0.2, 0) is 4.79 Å². The summed E-state index contributed by atoms with van der Waals surface area (Å²) in [4.78, 5) is 19.2. The summed E-state index contributed by atoms with van der Waals surface area (Å²) in [5.74, 6) is 2.48. The number of ether oxygens (including phenoxy) is 2. The number of hydrogen-bond donors (Lipinski definition) is 1. The first-order chi connectivity index (χ1) is 13.8. The number of amides is 1. The van der Waals surface area contributed by atoms with Crippen LogP contribution in [0.25, 0.3) is 6.08 Å². The average Bonchev–Trinajstić information content (AvgIpc) is 3.49. The zero-order chi connectivity index (χ0) is 18.9. The quantitative estimate of drug-likeness (QED) is 0.834. The van der Waals surface area contributed by atoms with Gasteiger partial charge in [0.25, 0.3) is 5.91 Å². The van der Waals surface area contributed by atoms with E-state index in [1.807, 2.05) is 48.5 Å². The second kappa shape index (κ2) is 7.03. The molecule has 142 valence electrons. The van der Waals surface area contributed by atoms with Gasteiger partial charge in [-0.05, 0) is 54.7 Å². The van der Waals surface area contributed by atoms with Crippen LogP contribution in [0.1, 0.15) is 18.4 Å². The minimum atomic E-state index is -0.193. The molecule has 0 bridgehead atoms. The van der Waals surface area contributed by atoms with Gasteiger partial charge in [-0.1, -0.05) is 24.3 Å². The van der Waals surface area contributed by atoms with E-state index in [1.165, 1.54) is 12.8 Å². The number of nitrogens with one attached hydrogen (secondary N) is 1. The fourth-order valence-electron chi connectivity index (χ4n) is 3.37. The van der Waals surface area contributed by atoms with Crippen LogP contribution in [0, 0.1) is 5.92 Å². The van der Waals surface area contributed by atoms with Gasteiger partial charge in [-0.15, -0.1) is 0 Å². The van der Waals surface area contributed by atoms with Gasteiger partial charge in [-0.25, -0.2) is 4.99 Å². The Labute approximate surface area is 163 Å². The van der Waals surface area contributed by atoms with E-state index >= 15 is 0 Å². The predicted molar refractivity (Wildman–Crippen MR) is 107 cm³/mol. The molecule has 28 heavy (non-hydrogen) atoms. The normalized spacial score (nSPS) is 19.4. The lowest BCUT2D eigenvalue weighted by Crippen LogP contribution is -2.41. The maximum Gasteiger partial charge on any atom is 0.276 e. The molecule has 0 atom stereocenters. The Bertz CT molecular complexity index is 964. The molecule has 3 aliphatic rings. The fourth-order valence-corrected chi connectivity index (χ4v) is 3.37. The molecule has 1 saturated carbocycles. The Hall–Kier alpha value is -3.28. The van der Waals surface area contributed by atoms with Crippen molar-refractivity contribution in [2.45, 2.75) is 12.8 Å². The molecule has 1 N–H and O–H groups in total. The van der Waals surface area contributed by atoms with Gasteiger partial charge < -0.3 is 14.4 Å². The van der Waals surface area contributed by atoms with Crippen molar-refractivity contribution >= 4 is 23.6 Å². The minimum Gasteiger partial charge on any atom is -0.486 e. The van der Waals surface area contributed by atoms with Gasteiger partial charge in [-0.3, -0.25) is 10.1 Å². The third-order valence-electron chi connectivity index (χ3n) is 5.02. The van der Waals surface area contributed by atoms with Crippen LogP contribution < -0.4 is 19.7 Å². The highest BCUT2D eigenvalue weighted by molar-refractivity contribution is 6.18. The summed E-state index contributed by atoms with van der Waals surface area (Å²) in [7, 11) is 0. The summed E-state index contributed by atoms with van der Waals surface area (Å²) in [5.41, 5.74) is 2.28. The first-order valence-corrected chi connectivity index (χ1v) is 9.60. The standard InChI is InChI=1S/C22H21N3O3/c26-21-18(12-16-8-9-19-20(13-16)28-11-10-27-19)23-22(24-21)25(14-15-6-7-15)17-4-2-1-3-5-17/h1-5,8-9,12-13,15H,6-7,10-11,14H2,(H,23,24,26)/b18-12-. The smallest absolute Gasteiger partial charge is 0.276 e. The van der Waals surface area contributed by atoms with Crippen molar-refractivity contribution in [3.05, 3.63) is 59.8 Å². The summed E-state index contributed by atoms with van der Waals surface area (Å²) in [6, 6.07) is 15.7. The molecule has 5 rings (SSSR count). The van der Waals surface area contributed by atoms with E-state index in [0.29, 0.717) is 36.5 Å². The molecule has 6 heteroatoms. The Morgan fingerprint density at radius 3 is 2.64 bits per heavy atom. The van der Waals surface area contributed by atoms with Gasteiger partial charge in [0, 0.05) is 12.2 Å². The van der Waals surface area contributed by atoms with Gasteiger partial charge in [-0.2, -0.15) is 0 Å². The highest BCUT2D eigenvalue weighted by Crippen LogP contribution is 2.33. The topological polar surface area (TPSA) is 63.2 Å². The van der Waals surface area contributed by atoms with E-state index in [2.05, 4.69) is 15.2 Å². The number of nitrogens with zero attached hydrogens (tertiary/aromatic N) is 2. The zero-order valence-corrected chi connectivity index (χ0v) is 15.4. The first-order valence-electron chi connectivity index (χ1n) is 9.60. The number of carbonyl (C=O) groups is 1. The molecule has 0 aromatic heterocycles. The molecule has 6 nitrogen and oxygen atoms in total. The van der Waals surface area contributed by atoms with Gasteiger partial charge in [0.1, 0.15) is 18.9 Å². The van der Waals surface area contributed by atoms with Crippen LogP contribution in [0.2, 0.25) is 0 Å². The Morgan fingerprint density at radius 1 is 1.07 bits per heavy atom. The largest absolute Gasteiger partial charge is 0.486 e. The number of anilines is 1. The molecular formula is C22H21N3O3. The Morgan fingerprint density at radius 2 is 1.86 bits per heavy atom. The summed E-state index contributed by atoms with van der Waals surface area (Å²) in [5, 5.41) is 2.93. The minimum absolute atomic E-state index is 0.193. The molecule has 0 spiro atoms. The van der Waals surface area contributed by atoms with Crippen molar-refractivity contribution < 1.29 is 14.3 Å². The SMILES string of the molecule is O=C1NC(N(CC2CC2)c2ccccc2)=N/C1=C\c1ccc2c(c1)OCCO2. The molecule has 0 saturated heterocycles. The van der Waals surface area contributed by atoms with Crippen molar-refractivity contribution in [1.82, 2.24) is 5.32 Å². The van der Waals surface area contributed by atoms with E-state index in [0.717, 1.165) is 23.5 Å². The van der Waals surface area contributed by atoms with Gasteiger partial charge >= 0.3 is 0 Å². The number of carbonyl (C=O) groups excluding carboxylic acids is 1. The summed E-state index contributed by atoms with van der Waals surface area (Å²) < 4.78 is 11.2. The van der Waals surface area contributed by atoms with E-state index < -0.39 is 0 Å². The monoisotopic (exact) mass is 375 g/mol. The molecule has 0 radical (unpaired) electrons. The molecule has 2 aromatic carbocycles. The fraction of sp³-hybridized carbons (Fsp3) is 0.273.